The Balaban J connectivity index is 1.80. The maximum absolute atomic E-state index is 14.5. The van der Waals surface area contributed by atoms with Gasteiger partial charge in [-0.2, -0.15) is 0 Å². The summed E-state index contributed by atoms with van der Waals surface area (Å²) in [6.45, 7) is 3.39. The van der Waals surface area contributed by atoms with Gasteiger partial charge in [-0.3, -0.25) is 13.9 Å². The van der Waals surface area contributed by atoms with E-state index >= 15 is 0 Å². The highest BCUT2D eigenvalue weighted by Gasteiger charge is 2.35. The van der Waals surface area contributed by atoms with E-state index in [1.165, 1.54) is 17.0 Å². The molecule has 0 saturated heterocycles. The number of carbonyl (C=O) groups is 2. The minimum atomic E-state index is -4.15. The van der Waals surface area contributed by atoms with E-state index in [-0.39, 0.29) is 29.8 Å². The number of hydrogen-bond donors (Lipinski definition) is 1. The summed E-state index contributed by atoms with van der Waals surface area (Å²) in [4.78, 5) is 29.8. The molecule has 4 aromatic rings. The van der Waals surface area contributed by atoms with Crippen molar-refractivity contribution in [2.45, 2.75) is 50.2 Å². The van der Waals surface area contributed by atoms with E-state index in [0.29, 0.717) is 22.7 Å². The molecular formula is C34H35BrClN3O4S. The highest BCUT2D eigenvalue weighted by Crippen LogP contribution is 2.26. The van der Waals surface area contributed by atoms with Crippen LogP contribution in [-0.2, 0) is 32.6 Å². The van der Waals surface area contributed by atoms with Crippen molar-refractivity contribution in [3.8, 4) is 0 Å². The lowest BCUT2D eigenvalue weighted by Gasteiger charge is -2.34. The molecule has 2 amide bonds. The second-order valence-corrected chi connectivity index (χ2v) is 13.7. The van der Waals surface area contributed by atoms with Gasteiger partial charge in [-0.05, 0) is 73.0 Å². The van der Waals surface area contributed by atoms with E-state index < -0.39 is 28.5 Å². The molecule has 0 aromatic heterocycles. The van der Waals surface area contributed by atoms with Gasteiger partial charge >= 0.3 is 0 Å². The van der Waals surface area contributed by atoms with Crippen LogP contribution in [0.2, 0.25) is 5.02 Å². The van der Waals surface area contributed by atoms with Crippen LogP contribution >= 0.6 is 27.5 Å². The first-order valence-corrected chi connectivity index (χ1v) is 16.9. The molecule has 4 aromatic carbocycles. The van der Waals surface area contributed by atoms with Gasteiger partial charge in [-0.25, -0.2) is 8.42 Å². The fraction of sp³-hybridized carbons (Fsp3) is 0.235. The minimum Gasteiger partial charge on any atom is -0.352 e. The van der Waals surface area contributed by atoms with E-state index in [0.717, 1.165) is 14.3 Å². The molecule has 0 fully saturated rings. The molecule has 0 spiro atoms. The van der Waals surface area contributed by atoms with Crippen molar-refractivity contribution >= 4 is 55.1 Å². The van der Waals surface area contributed by atoms with Crippen molar-refractivity contribution < 1.29 is 18.0 Å². The predicted molar refractivity (Wildman–Crippen MR) is 179 cm³/mol. The maximum Gasteiger partial charge on any atom is 0.264 e. The van der Waals surface area contributed by atoms with Gasteiger partial charge in [0.1, 0.15) is 12.6 Å². The number of rotatable bonds is 13. The first-order chi connectivity index (χ1) is 21.1. The zero-order chi connectivity index (χ0) is 31.7. The quantitative estimate of drug-likeness (QED) is 0.166. The number of hydrogen-bond acceptors (Lipinski definition) is 4. The van der Waals surface area contributed by atoms with Gasteiger partial charge in [0.15, 0.2) is 0 Å². The van der Waals surface area contributed by atoms with E-state index in [2.05, 4.69) is 21.2 Å². The lowest BCUT2D eigenvalue weighted by molar-refractivity contribution is -0.140. The Morgan fingerprint density at radius 3 is 2.09 bits per heavy atom. The number of carbonyl (C=O) groups excluding carboxylic acids is 2. The van der Waals surface area contributed by atoms with E-state index in [1.807, 2.05) is 50.2 Å². The second-order valence-electron chi connectivity index (χ2n) is 10.5. The van der Waals surface area contributed by atoms with Crippen molar-refractivity contribution in [3.63, 3.8) is 0 Å². The lowest BCUT2D eigenvalue weighted by Crippen LogP contribution is -2.54. The standard InChI is InChI=1S/C34H35BrClN3O4S/c1-3-25(2)37-34(41)32(22-26-11-6-4-7-12-26)38(23-27-13-10-14-29(36)21-27)33(40)24-39(30-19-17-28(35)18-20-30)44(42,43)31-15-8-5-9-16-31/h4-21,25,32H,3,22-24H2,1-2H3,(H,37,41)/t25-,32-/m0/s1. The highest BCUT2D eigenvalue weighted by atomic mass is 79.9. The van der Waals surface area contributed by atoms with Crippen molar-refractivity contribution in [1.82, 2.24) is 10.2 Å². The molecule has 0 bridgehead atoms. The molecule has 44 heavy (non-hydrogen) atoms. The van der Waals surface area contributed by atoms with Gasteiger partial charge < -0.3 is 10.2 Å². The SMILES string of the molecule is CC[C@H](C)NC(=O)[C@H](Cc1ccccc1)N(Cc1cccc(Cl)c1)C(=O)CN(c1ccc(Br)cc1)S(=O)(=O)c1ccccc1. The summed E-state index contributed by atoms with van der Waals surface area (Å²) in [6.07, 6.45) is 0.942. The molecule has 0 aliphatic heterocycles. The van der Waals surface area contributed by atoms with Gasteiger partial charge in [-0.1, -0.05) is 95.1 Å². The number of halogens is 2. The molecule has 1 N–H and O–H groups in total. The lowest BCUT2D eigenvalue weighted by atomic mass is 10.0. The van der Waals surface area contributed by atoms with Gasteiger partial charge in [0, 0.05) is 28.5 Å². The van der Waals surface area contributed by atoms with E-state index in [1.54, 1.807) is 60.7 Å². The largest absolute Gasteiger partial charge is 0.352 e. The zero-order valence-corrected chi connectivity index (χ0v) is 27.7. The molecule has 0 radical (unpaired) electrons. The zero-order valence-electron chi connectivity index (χ0n) is 24.6. The summed E-state index contributed by atoms with van der Waals surface area (Å²) in [5.41, 5.74) is 1.89. The van der Waals surface area contributed by atoms with Gasteiger partial charge in [0.25, 0.3) is 10.0 Å². The molecule has 10 heteroatoms. The number of anilines is 1. The Bertz CT molecular complexity index is 1660. The number of nitrogens with zero attached hydrogens (tertiary/aromatic N) is 2. The third kappa shape index (κ3) is 8.71. The fourth-order valence-corrected chi connectivity index (χ4v) is 6.60. The molecule has 7 nitrogen and oxygen atoms in total. The van der Waals surface area contributed by atoms with Crippen LogP contribution in [-0.4, -0.2) is 43.8 Å². The monoisotopic (exact) mass is 695 g/mol. The average molecular weight is 697 g/mol. The number of sulfonamides is 1. The third-order valence-corrected chi connectivity index (χ3v) is 9.79. The van der Waals surface area contributed by atoms with Crippen LogP contribution in [0.15, 0.2) is 119 Å². The van der Waals surface area contributed by atoms with Crippen LogP contribution in [0.3, 0.4) is 0 Å². The van der Waals surface area contributed by atoms with Crippen molar-refractivity contribution in [3.05, 3.63) is 130 Å². The molecule has 0 aliphatic rings. The first-order valence-electron chi connectivity index (χ1n) is 14.3. The van der Waals surface area contributed by atoms with Crippen molar-refractivity contribution in [2.24, 2.45) is 0 Å². The number of benzene rings is 4. The Hall–Kier alpha value is -3.66. The van der Waals surface area contributed by atoms with Crippen LogP contribution in [0.4, 0.5) is 5.69 Å². The van der Waals surface area contributed by atoms with Crippen LogP contribution in [0.25, 0.3) is 0 Å². The predicted octanol–water partition coefficient (Wildman–Crippen LogP) is 6.85. The maximum atomic E-state index is 14.5. The van der Waals surface area contributed by atoms with Crippen molar-refractivity contribution in [1.29, 1.82) is 0 Å². The number of nitrogens with one attached hydrogen (secondary N) is 1. The van der Waals surface area contributed by atoms with Crippen LogP contribution in [0.1, 0.15) is 31.4 Å². The molecule has 0 heterocycles. The van der Waals surface area contributed by atoms with Gasteiger partial charge in [0.05, 0.1) is 10.6 Å². The first kappa shape index (κ1) is 33.2. The molecule has 0 aliphatic carbocycles. The molecule has 0 saturated carbocycles. The summed E-state index contributed by atoms with van der Waals surface area (Å²) < 4.78 is 29.9. The summed E-state index contributed by atoms with van der Waals surface area (Å²) in [5.74, 6) is -0.854. The van der Waals surface area contributed by atoms with Crippen LogP contribution < -0.4 is 9.62 Å². The van der Waals surface area contributed by atoms with Gasteiger partial charge in [-0.15, -0.1) is 0 Å². The third-order valence-electron chi connectivity index (χ3n) is 7.24. The summed E-state index contributed by atoms with van der Waals surface area (Å²) >= 11 is 9.70. The smallest absolute Gasteiger partial charge is 0.264 e. The topological polar surface area (TPSA) is 86.8 Å². The average Bonchev–Trinajstić information content (AvgIpc) is 3.02. The fourth-order valence-electron chi connectivity index (χ4n) is 4.68. The Morgan fingerprint density at radius 1 is 0.864 bits per heavy atom. The molecular weight excluding hydrogens is 662 g/mol. The summed E-state index contributed by atoms with van der Waals surface area (Å²) in [7, 11) is -4.15. The van der Waals surface area contributed by atoms with Gasteiger partial charge in [0.2, 0.25) is 11.8 Å². The second kappa shape index (κ2) is 15.4. The Kier molecular flexibility index (Phi) is 11.6. The normalized spacial score (nSPS) is 12.6. The molecule has 4 rings (SSSR count). The van der Waals surface area contributed by atoms with Crippen molar-refractivity contribution in [2.75, 3.05) is 10.8 Å². The summed E-state index contributed by atoms with van der Waals surface area (Å²) in [5, 5.41) is 3.52. The minimum absolute atomic E-state index is 0.0460. The highest BCUT2D eigenvalue weighted by molar-refractivity contribution is 9.10. The summed E-state index contributed by atoms with van der Waals surface area (Å²) in [6, 6.07) is 30.2. The molecule has 2 atom stereocenters. The van der Waals surface area contributed by atoms with Crippen LogP contribution in [0.5, 0.6) is 0 Å². The van der Waals surface area contributed by atoms with E-state index in [4.69, 9.17) is 11.6 Å². The molecule has 0 unspecified atom stereocenters. The Morgan fingerprint density at radius 2 is 1.48 bits per heavy atom. The number of amides is 2. The van der Waals surface area contributed by atoms with Crippen LogP contribution in [0, 0.1) is 0 Å². The van der Waals surface area contributed by atoms with E-state index in [9.17, 15) is 18.0 Å². The Labute approximate surface area is 273 Å². The molecule has 230 valence electrons.